The molecule has 106 valence electrons. The second-order valence-corrected chi connectivity index (χ2v) is 5.90. The van der Waals surface area contributed by atoms with Crippen molar-refractivity contribution in [2.75, 3.05) is 26.2 Å². The number of hydrogen-bond acceptors (Lipinski definition) is 4. The maximum absolute atomic E-state index is 11.9. The summed E-state index contributed by atoms with van der Waals surface area (Å²) in [5.74, 6) is -0.114. The van der Waals surface area contributed by atoms with Crippen molar-refractivity contribution in [3.8, 4) is 0 Å². The largest absolute Gasteiger partial charge is 0.376 e. The molecular formula is C13H19ClN2O2S. The van der Waals surface area contributed by atoms with Gasteiger partial charge in [-0.2, -0.15) is 0 Å². The van der Waals surface area contributed by atoms with Gasteiger partial charge in [0.1, 0.15) is 4.88 Å². The minimum Gasteiger partial charge on any atom is -0.376 e. The van der Waals surface area contributed by atoms with Crippen LogP contribution in [0.4, 0.5) is 0 Å². The summed E-state index contributed by atoms with van der Waals surface area (Å²) in [5.41, 5.74) is 0.947. The minimum absolute atomic E-state index is 0.114. The number of carbonyl (C=O) groups is 1. The van der Waals surface area contributed by atoms with Gasteiger partial charge in [-0.05, 0) is 43.8 Å². The summed E-state index contributed by atoms with van der Waals surface area (Å²) >= 11 is 7.43. The lowest BCUT2D eigenvalue weighted by molar-refractivity contribution is 0.0343. The maximum Gasteiger partial charge on any atom is 0.262 e. The van der Waals surface area contributed by atoms with Gasteiger partial charge in [-0.25, -0.2) is 0 Å². The van der Waals surface area contributed by atoms with E-state index in [2.05, 4.69) is 10.6 Å². The van der Waals surface area contributed by atoms with E-state index in [1.165, 1.54) is 11.3 Å². The lowest BCUT2D eigenvalue weighted by Gasteiger charge is -2.22. The fraction of sp³-hybridized carbons (Fsp3) is 0.615. The Morgan fingerprint density at radius 2 is 2.32 bits per heavy atom. The number of piperidine rings is 1. The molecule has 1 aromatic rings. The predicted octanol–water partition coefficient (Wildman–Crippen LogP) is 2.21. The first-order valence-electron chi connectivity index (χ1n) is 6.52. The molecule has 0 spiro atoms. The van der Waals surface area contributed by atoms with Crippen LogP contribution in [0.5, 0.6) is 0 Å². The molecule has 1 saturated heterocycles. The van der Waals surface area contributed by atoms with E-state index in [4.69, 9.17) is 16.3 Å². The van der Waals surface area contributed by atoms with Crippen LogP contribution in [0.25, 0.3) is 0 Å². The van der Waals surface area contributed by atoms with Crippen LogP contribution in [0.1, 0.15) is 28.1 Å². The van der Waals surface area contributed by atoms with E-state index in [9.17, 15) is 4.79 Å². The summed E-state index contributed by atoms with van der Waals surface area (Å²) < 4.78 is 5.72. The Balaban J connectivity index is 1.68. The number of carbonyl (C=O) groups excluding carboxylic acids is 1. The monoisotopic (exact) mass is 302 g/mol. The molecule has 19 heavy (non-hydrogen) atoms. The summed E-state index contributed by atoms with van der Waals surface area (Å²) in [5, 5.41) is 8.58. The Kier molecular flexibility index (Phi) is 5.63. The van der Waals surface area contributed by atoms with Crippen LogP contribution in [0.3, 0.4) is 0 Å². The molecule has 6 heteroatoms. The third-order valence-electron chi connectivity index (χ3n) is 3.13. The van der Waals surface area contributed by atoms with E-state index in [0.29, 0.717) is 29.2 Å². The molecule has 1 aliphatic heterocycles. The lowest BCUT2D eigenvalue weighted by Crippen LogP contribution is -2.34. The molecule has 1 amide bonds. The van der Waals surface area contributed by atoms with Crippen molar-refractivity contribution < 1.29 is 9.53 Å². The second kappa shape index (κ2) is 7.24. The van der Waals surface area contributed by atoms with Gasteiger partial charge in [0, 0.05) is 6.54 Å². The van der Waals surface area contributed by atoms with Gasteiger partial charge >= 0.3 is 0 Å². The van der Waals surface area contributed by atoms with Gasteiger partial charge in [-0.15, -0.1) is 11.3 Å². The number of rotatable bonds is 5. The normalized spacial score (nSPS) is 16.5. The van der Waals surface area contributed by atoms with Crippen molar-refractivity contribution in [1.82, 2.24) is 10.6 Å². The quantitative estimate of drug-likeness (QED) is 0.820. The lowest BCUT2D eigenvalue weighted by atomic mass is 10.1. The predicted molar refractivity (Wildman–Crippen MR) is 78.2 cm³/mol. The minimum atomic E-state index is -0.114. The van der Waals surface area contributed by atoms with E-state index >= 15 is 0 Å². The fourth-order valence-corrected chi connectivity index (χ4v) is 3.21. The average Bonchev–Trinajstić information content (AvgIpc) is 2.76. The Morgan fingerprint density at radius 1 is 1.58 bits per heavy atom. The van der Waals surface area contributed by atoms with Crippen LogP contribution in [-0.4, -0.2) is 38.3 Å². The van der Waals surface area contributed by atoms with Crippen molar-refractivity contribution in [2.45, 2.75) is 25.9 Å². The van der Waals surface area contributed by atoms with Gasteiger partial charge in [0.15, 0.2) is 0 Å². The van der Waals surface area contributed by atoms with Gasteiger partial charge in [0.2, 0.25) is 0 Å². The third kappa shape index (κ3) is 4.18. The van der Waals surface area contributed by atoms with Gasteiger partial charge < -0.3 is 15.4 Å². The highest BCUT2D eigenvalue weighted by molar-refractivity contribution is 7.13. The highest BCUT2D eigenvalue weighted by atomic mass is 35.5. The molecule has 0 saturated carbocycles. The van der Waals surface area contributed by atoms with Gasteiger partial charge in [0.05, 0.1) is 17.7 Å². The molecule has 0 bridgehead atoms. The van der Waals surface area contributed by atoms with Crippen molar-refractivity contribution in [3.63, 3.8) is 0 Å². The number of ether oxygens (including phenoxy) is 1. The summed E-state index contributed by atoms with van der Waals surface area (Å²) in [6.07, 6.45) is 2.42. The first-order valence-corrected chi connectivity index (χ1v) is 7.78. The molecule has 2 rings (SSSR count). The fourth-order valence-electron chi connectivity index (χ4n) is 2.02. The molecule has 2 heterocycles. The molecular weight excluding hydrogens is 284 g/mol. The van der Waals surface area contributed by atoms with Crippen molar-refractivity contribution in [2.24, 2.45) is 0 Å². The molecule has 0 aliphatic carbocycles. The van der Waals surface area contributed by atoms with Crippen molar-refractivity contribution in [3.05, 3.63) is 20.8 Å². The molecule has 0 atom stereocenters. The highest BCUT2D eigenvalue weighted by Crippen LogP contribution is 2.26. The summed E-state index contributed by atoms with van der Waals surface area (Å²) in [6, 6.07) is 0. The number of halogens is 1. The van der Waals surface area contributed by atoms with Crippen LogP contribution in [0.15, 0.2) is 5.38 Å². The molecule has 1 aliphatic rings. The molecule has 1 aromatic heterocycles. The molecule has 0 radical (unpaired) electrons. The van der Waals surface area contributed by atoms with Crippen LogP contribution < -0.4 is 10.6 Å². The first-order chi connectivity index (χ1) is 9.18. The smallest absolute Gasteiger partial charge is 0.262 e. The molecule has 1 fully saturated rings. The Bertz CT molecular complexity index is 430. The molecule has 4 nitrogen and oxygen atoms in total. The van der Waals surface area contributed by atoms with Gasteiger partial charge in [-0.1, -0.05) is 11.6 Å². The summed E-state index contributed by atoms with van der Waals surface area (Å²) in [6.45, 7) is 5.01. The zero-order chi connectivity index (χ0) is 13.7. The number of hydrogen-bond donors (Lipinski definition) is 2. The number of amides is 1. The SMILES string of the molecule is Cc1csc(C(=O)NCCOC2CCNCC2)c1Cl. The number of nitrogens with one attached hydrogen (secondary N) is 2. The van der Waals surface area contributed by atoms with E-state index in [-0.39, 0.29) is 5.91 Å². The number of aryl methyl sites for hydroxylation is 1. The van der Waals surface area contributed by atoms with Crippen molar-refractivity contribution >= 4 is 28.8 Å². The van der Waals surface area contributed by atoms with E-state index in [1.54, 1.807) is 0 Å². The maximum atomic E-state index is 11.9. The third-order valence-corrected chi connectivity index (χ3v) is 4.83. The topological polar surface area (TPSA) is 50.4 Å². The highest BCUT2D eigenvalue weighted by Gasteiger charge is 2.15. The Hall–Kier alpha value is -0.620. The van der Waals surface area contributed by atoms with Gasteiger partial charge in [-0.3, -0.25) is 4.79 Å². The second-order valence-electron chi connectivity index (χ2n) is 4.64. The standard InChI is InChI=1S/C13H19ClN2O2S/c1-9-8-19-12(11(9)14)13(17)16-6-7-18-10-2-4-15-5-3-10/h8,10,15H,2-7H2,1H3,(H,16,17). The van der Waals surface area contributed by atoms with E-state index in [1.807, 2.05) is 12.3 Å². The molecule has 0 aromatic carbocycles. The van der Waals surface area contributed by atoms with Crippen LogP contribution in [0, 0.1) is 6.92 Å². The Morgan fingerprint density at radius 3 is 2.95 bits per heavy atom. The average molecular weight is 303 g/mol. The van der Waals surface area contributed by atoms with E-state index < -0.39 is 0 Å². The first kappa shape index (κ1) is 14.8. The van der Waals surface area contributed by atoms with Gasteiger partial charge in [0.25, 0.3) is 5.91 Å². The van der Waals surface area contributed by atoms with E-state index in [0.717, 1.165) is 31.5 Å². The van der Waals surface area contributed by atoms with Crippen LogP contribution in [-0.2, 0) is 4.74 Å². The van der Waals surface area contributed by atoms with Crippen LogP contribution in [0.2, 0.25) is 5.02 Å². The molecule has 2 N–H and O–H groups in total. The zero-order valence-corrected chi connectivity index (χ0v) is 12.6. The summed E-state index contributed by atoms with van der Waals surface area (Å²) in [7, 11) is 0. The zero-order valence-electron chi connectivity index (χ0n) is 11.0. The van der Waals surface area contributed by atoms with Crippen LogP contribution >= 0.6 is 22.9 Å². The van der Waals surface area contributed by atoms with Crippen molar-refractivity contribution in [1.29, 1.82) is 0 Å². The summed E-state index contributed by atoms with van der Waals surface area (Å²) in [4.78, 5) is 12.5. The number of thiophene rings is 1. The molecule has 0 unspecified atom stereocenters. The Labute approximate surface area is 122 Å².